The van der Waals surface area contributed by atoms with Crippen molar-refractivity contribution in [2.75, 3.05) is 25.4 Å². The molecule has 35 heavy (non-hydrogen) atoms. The first-order valence-electron chi connectivity index (χ1n) is 11.7. The first-order valence-corrected chi connectivity index (χ1v) is 13.3. The maximum Gasteiger partial charge on any atom is 0.410 e. The standard InChI is InChI=1S/C26H33FN2O5S/c1-18-14-21(20-8-6-5-7-9-20)15-22(24(18)27)23(30)16-28-35(32,33)17-19-10-12-29(13-11-19)25(31)34-26(2,3)4/h5-9,14-15,19,28H,10-13,16-17H2,1-4H3. The molecule has 1 amide bonds. The Morgan fingerprint density at radius 2 is 1.71 bits per heavy atom. The second kappa shape index (κ2) is 10.9. The highest BCUT2D eigenvalue weighted by atomic mass is 32.2. The fourth-order valence-electron chi connectivity index (χ4n) is 4.02. The van der Waals surface area contributed by atoms with Gasteiger partial charge in [0.25, 0.3) is 0 Å². The molecule has 0 spiro atoms. The number of likely N-dealkylation sites (tertiary alicyclic amines) is 1. The predicted octanol–water partition coefficient (Wildman–Crippen LogP) is 4.55. The van der Waals surface area contributed by atoms with Crippen molar-refractivity contribution in [1.82, 2.24) is 9.62 Å². The molecule has 0 bridgehead atoms. The van der Waals surface area contributed by atoms with E-state index in [4.69, 9.17) is 4.74 Å². The number of nitrogens with zero attached hydrogens (tertiary/aromatic N) is 1. The summed E-state index contributed by atoms with van der Waals surface area (Å²) in [5, 5.41) is 0. The molecule has 1 saturated heterocycles. The van der Waals surface area contributed by atoms with Crippen molar-refractivity contribution in [3.8, 4) is 11.1 Å². The van der Waals surface area contributed by atoms with E-state index in [-0.39, 0.29) is 17.2 Å². The summed E-state index contributed by atoms with van der Waals surface area (Å²) in [4.78, 5) is 26.5. The molecule has 0 saturated carbocycles. The molecule has 3 rings (SSSR count). The highest BCUT2D eigenvalue weighted by Crippen LogP contribution is 2.25. The van der Waals surface area contributed by atoms with Gasteiger partial charge in [0.05, 0.1) is 17.9 Å². The average molecular weight is 505 g/mol. The Labute approximate surface area is 206 Å². The van der Waals surface area contributed by atoms with Crippen molar-refractivity contribution in [3.63, 3.8) is 0 Å². The lowest BCUT2D eigenvalue weighted by Crippen LogP contribution is -2.43. The molecular formula is C26H33FN2O5S. The van der Waals surface area contributed by atoms with Gasteiger partial charge in [-0.2, -0.15) is 0 Å². The Balaban J connectivity index is 1.58. The zero-order chi connectivity index (χ0) is 25.8. The van der Waals surface area contributed by atoms with E-state index in [9.17, 15) is 22.4 Å². The number of Topliss-reactive ketones (excluding diaryl/α,β-unsaturated/α-hetero) is 1. The Bertz CT molecular complexity index is 1170. The second-order valence-corrected chi connectivity index (χ2v) is 11.8. The summed E-state index contributed by atoms with van der Waals surface area (Å²) in [7, 11) is -3.76. The maximum absolute atomic E-state index is 14.7. The minimum atomic E-state index is -3.76. The van der Waals surface area contributed by atoms with E-state index in [1.54, 1.807) is 38.7 Å². The third kappa shape index (κ3) is 7.60. The number of amides is 1. The van der Waals surface area contributed by atoms with E-state index in [1.807, 2.05) is 30.3 Å². The van der Waals surface area contributed by atoms with Crippen LogP contribution in [0.1, 0.15) is 49.5 Å². The summed E-state index contributed by atoms with van der Waals surface area (Å²) in [6, 6.07) is 12.4. The number of hydrogen-bond donors (Lipinski definition) is 1. The van der Waals surface area contributed by atoms with Crippen molar-refractivity contribution < 1.29 is 27.1 Å². The first-order chi connectivity index (χ1) is 16.3. The number of benzene rings is 2. The summed E-state index contributed by atoms with van der Waals surface area (Å²) < 4.78 is 47.6. The predicted molar refractivity (Wildman–Crippen MR) is 133 cm³/mol. The minimum Gasteiger partial charge on any atom is -0.444 e. The van der Waals surface area contributed by atoms with Gasteiger partial charge in [-0.3, -0.25) is 4.79 Å². The number of piperidine rings is 1. The van der Waals surface area contributed by atoms with Crippen LogP contribution in [0.3, 0.4) is 0 Å². The van der Waals surface area contributed by atoms with E-state index < -0.39 is 39.9 Å². The Kier molecular flexibility index (Phi) is 8.33. The van der Waals surface area contributed by atoms with E-state index in [0.717, 1.165) is 5.56 Å². The Hall–Kier alpha value is -2.78. The molecule has 0 aliphatic carbocycles. The smallest absolute Gasteiger partial charge is 0.410 e. The SMILES string of the molecule is Cc1cc(-c2ccccc2)cc(C(=O)CNS(=O)(=O)CC2CCN(C(=O)OC(C)(C)C)CC2)c1F. The molecule has 0 aromatic heterocycles. The molecule has 9 heteroatoms. The van der Waals surface area contributed by atoms with Crippen molar-refractivity contribution >= 4 is 21.9 Å². The van der Waals surface area contributed by atoms with Crippen LogP contribution in [0.15, 0.2) is 42.5 Å². The summed E-state index contributed by atoms with van der Waals surface area (Å²) >= 11 is 0. The van der Waals surface area contributed by atoms with Crippen LogP contribution in [0.5, 0.6) is 0 Å². The average Bonchev–Trinajstić information content (AvgIpc) is 2.79. The third-order valence-corrected chi connectivity index (χ3v) is 7.33. The molecule has 0 atom stereocenters. The van der Waals surface area contributed by atoms with Gasteiger partial charge in [-0.05, 0) is 75.3 Å². The molecular weight excluding hydrogens is 471 g/mol. The lowest BCUT2D eigenvalue weighted by Gasteiger charge is -2.33. The number of sulfonamides is 1. The number of carbonyl (C=O) groups excluding carboxylic acids is 2. The fraction of sp³-hybridized carbons (Fsp3) is 0.462. The number of rotatable bonds is 7. The van der Waals surface area contributed by atoms with Gasteiger partial charge in [-0.1, -0.05) is 30.3 Å². The van der Waals surface area contributed by atoms with Crippen LogP contribution in [0.4, 0.5) is 9.18 Å². The van der Waals surface area contributed by atoms with Gasteiger partial charge in [-0.25, -0.2) is 22.3 Å². The van der Waals surface area contributed by atoms with Crippen molar-refractivity contribution in [1.29, 1.82) is 0 Å². The highest BCUT2D eigenvalue weighted by molar-refractivity contribution is 7.89. The number of ether oxygens (including phenoxy) is 1. The lowest BCUT2D eigenvalue weighted by molar-refractivity contribution is 0.0191. The summed E-state index contributed by atoms with van der Waals surface area (Å²) in [6.45, 7) is 7.25. The molecule has 7 nitrogen and oxygen atoms in total. The zero-order valence-corrected chi connectivity index (χ0v) is 21.5. The molecule has 0 unspecified atom stereocenters. The van der Waals surface area contributed by atoms with Gasteiger partial charge in [0, 0.05) is 13.1 Å². The Morgan fingerprint density at radius 1 is 1.09 bits per heavy atom. The lowest BCUT2D eigenvalue weighted by atomic mass is 9.98. The van der Waals surface area contributed by atoms with Crippen LogP contribution in [0.25, 0.3) is 11.1 Å². The van der Waals surface area contributed by atoms with Crippen molar-refractivity contribution in [2.45, 2.75) is 46.1 Å². The summed E-state index contributed by atoms with van der Waals surface area (Å²) in [5.41, 5.74) is 1.11. The fourth-order valence-corrected chi connectivity index (χ4v) is 5.44. The Morgan fingerprint density at radius 3 is 2.31 bits per heavy atom. The molecule has 1 fully saturated rings. The quantitative estimate of drug-likeness (QED) is 0.559. The minimum absolute atomic E-state index is 0.141. The molecule has 2 aromatic rings. The largest absolute Gasteiger partial charge is 0.444 e. The number of nitrogens with one attached hydrogen (secondary N) is 1. The number of halogens is 1. The molecule has 2 aromatic carbocycles. The van der Waals surface area contributed by atoms with Crippen LogP contribution in [-0.2, 0) is 14.8 Å². The second-order valence-electron chi connectivity index (χ2n) is 9.96. The number of ketones is 1. The summed E-state index contributed by atoms with van der Waals surface area (Å²) in [6.07, 6.45) is 0.625. The monoisotopic (exact) mass is 504 g/mol. The zero-order valence-electron chi connectivity index (χ0n) is 20.6. The normalized spacial score (nSPS) is 15.2. The summed E-state index contributed by atoms with van der Waals surface area (Å²) in [5.74, 6) is -1.59. The third-order valence-electron chi connectivity index (χ3n) is 5.84. The van der Waals surface area contributed by atoms with Gasteiger partial charge in [-0.15, -0.1) is 0 Å². The van der Waals surface area contributed by atoms with E-state index in [0.29, 0.717) is 37.1 Å². The van der Waals surface area contributed by atoms with E-state index in [1.165, 1.54) is 6.07 Å². The number of aryl methyl sites for hydroxylation is 1. The van der Waals surface area contributed by atoms with Crippen LogP contribution in [0, 0.1) is 18.7 Å². The highest BCUT2D eigenvalue weighted by Gasteiger charge is 2.29. The number of carbonyl (C=O) groups is 2. The molecule has 1 aliphatic rings. The maximum atomic E-state index is 14.7. The van der Waals surface area contributed by atoms with Gasteiger partial charge < -0.3 is 9.64 Å². The molecule has 1 heterocycles. The molecule has 190 valence electrons. The topological polar surface area (TPSA) is 92.8 Å². The molecule has 1 aliphatic heterocycles. The van der Waals surface area contributed by atoms with Crippen LogP contribution >= 0.6 is 0 Å². The van der Waals surface area contributed by atoms with Crippen molar-refractivity contribution in [2.24, 2.45) is 5.92 Å². The van der Waals surface area contributed by atoms with Gasteiger partial charge in [0.1, 0.15) is 11.4 Å². The van der Waals surface area contributed by atoms with Crippen molar-refractivity contribution in [3.05, 3.63) is 59.4 Å². The van der Waals surface area contributed by atoms with E-state index >= 15 is 0 Å². The van der Waals surface area contributed by atoms with Gasteiger partial charge in [0.2, 0.25) is 10.0 Å². The molecule has 1 N–H and O–H groups in total. The van der Waals surface area contributed by atoms with Crippen LogP contribution in [-0.4, -0.2) is 56.2 Å². The van der Waals surface area contributed by atoms with E-state index in [2.05, 4.69) is 4.72 Å². The van der Waals surface area contributed by atoms with Crippen LogP contribution in [0.2, 0.25) is 0 Å². The van der Waals surface area contributed by atoms with Gasteiger partial charge in [0.15, 0.2) is 5.78 Å². The molecule has 0 radical (unpaired) electrons. The van der Waals surface area contributed by atoms with Crippen LogP contribution < -0.4 is 4.72 Å². The van der Waals surface area contributed by atoms with Gasteiger partial charge >= 0.3 is 6.09 Å². The number of hydrogen-bond acceptors (Lipinski definition) is 5. The first kappa shape index (κ1) is 26.8.